The second-order valence-corrected chi connectivity index (χ2v) is 7.88. The monoisotopic (exact) mass is 375 g/mol. The van der Waals surface area contributed by atoms with Gasteiger partial charge >= 0.3 is 0 Å². The Kier molecular flexibility index (Phi) is 3.90. The fourth-order valence-electron chi connectivity index (χ4n) is 4.75. The minimum absolute atomic E-state index is 0.169. The molecule has 0 aromatic heterocycles. The minimum atomic E-state index is -1.21. The van der Waals surface area contributed by atoms with Crippen molar-refractivity contribution >= 4 is 35.0 Å². The van der Waals surface area contributed by atoms with E-state index in [0.29, 0.717) is 22.8 Å². The Morgan fingerprint density at radius 3 is 2.65 bits per heavy atom. The number of imide groups is 1. The molecule has 1 aromatic rings. The zero-order valence-corrected chi connectivity index (χ0v) is 15.8. The Morgan fingerprint density at radius 1 is 1.23 bits per heavy atom. The summed E-state index contributed by atoms with van der Waals surface area (Å²) in [5.41, 5.74) is 0.923. The summed E-state index contributed by atoms with van der Waals surface area (Å²) in [5.74, 6) is -1.94. The highest BCUT2D eigenvalue weighted by Gasteiger charge is 2.69. The van der Waals surface area contributed by atoms with Crippen molar-refractivity contribution in [2.45, 2.75) is 45.2 Å². The van der Waals surface area contributed by atoms with Crippen molar-refractivity contribution in [1.29, 1.82) is 0 Å². The molecular formula is C19H22ClN3O3. The third kappa shape index (κ3) is 2.00. The van der Waals surface area contributed by atoms with E-state index in [0.717, 1.165) is 18.4 Å². The SMILES string of the molecule is CCCCN1C(=O)C2C(C)NC3(C(=O)Nc4c3ccc(Cl)c4C)C2C1=O. The van der Waals surface area contributed by atoms with Crippen molar-refractivity contribution in [2.75, 3.05) is 11.9 Å². The van der Waals surface area contributed by atoms with Gasteiger partial charge in [0, 0.05) is 23.2 Å². The van der Waals surface area contributed by atoms with Gasteiger partial charge in [0.05, 0.1) is 17.5 Å². The largest absolute Gasteiger partial charge is 0.324 e. The van der Waals surface area contributed by atoms with E-state index in [-0.39, 0.29) is 23.8 Å². The molecule has 4 rings (SSSR count). The van der Waals surface area contributed by atoms with Crippen molar-refractivity contribution in [2.24, 2.45) is 11.8 Å². The van der Waals surface area contributed by atoms with Gasteiger partial charge in [0.25, 0.3) is 0 Å². The Balaban J connectivity index is 1.85. The number of nitrogens with zero attached hydrogens (tertiary/aromatic N) is 1. The van der Waals surface area contributed by atoms with Crippen molar-refractivity contribution < 1.29 is 14.4 Å². The summed E-state index contributed by atoms with van der Waals surface area (Å²) in [6, 6.07) is 3.26. The Morgan fingerprint density at radius 2 is 1.96 bits per heavy atom. The lowest BCUT2D eigenvalue weighted by Gasteiger charge is -2.29. The van der Waals surface area contributed by atoms with E-state index in [4.69, 9.17) is 11.6 Å². The predicted octanol–water partition coefficient (Wildman–Crippen LogP) is 2.19. The first kappa shape index (κ1) is 17.5. The molecule has 0 radical (unpaired) electrons. The Labute approximate surface area is 157 Å². The molecule has 0 bridgehead atoms. The van der Waals surface area contributed by atoms with Crippen molar-refractivity contribution in [3.63, 3.8) is 0 Å². The summed E-state index contributed by atoms with van der Waals surface area (Å²) in [4.78, 5) is 40.5. The molecule has 1 aromatic carbocycles. The van der Waals surface area contributed by atoms with E-state index in [1.807, 2.05) is 20.8 Å². The highest BCUT2D eigenvalue weighted by molar-refractivity contribution is 6.32. The smallest absolute Gasteiger partial charge is 0.250 e. The van der Waals surface area contributed by atoms with Gasteiger partial charge in [0.15, 0.2) is 0 Å². The number of hydrogen-bond acceptors (Lipinski definition) is 4. The molecule has 2 fully saturated rings. The summed E-state index contributed by atoms with van der Waals surface area (Å²) in [6.45, 7) is 6.14. The van der Waals surface area contributed by atoms with Crippen LogP contribution in [0.5, 0.6) is 0 Å². The standard InChI is InChI=1S/C19H22ClN3O3/c1-4-5-8-23-16(24)13-10(3)22-19(14(13)17(23)25)11-6-7-12(20)9(2)15(11)21-18(19)26/h6-7,10,13-14,22H,4-5,8H2,1-3H3,(H,21,26). The Hall–Kier alpha value is -1.92. The van der Waals surface area contributed by atoms with Crippen LogP contribution in [0.25, 0.3) is 0 Å². The normalized spacial score (nSPS) is 32.4. The molecular weight excluding hydrogens is 354 g/mol. The van der Waals surface area contributed by atoms with Crippen LogP contribution in [0.15, 0.2) is 12.1 Å². The molecule has 4 atom stereocenters. The maximum Gasteiger partial charge on any atom is 0.250 e. The number of carbonyl (C=O) groups excluding carboxylic acids is 3. The summed E-state index contributed by atoms with van der Waals surface area (Å²) < 4.78 is 0. The summed E-state index contributed by atoms with van der Waals surface area (Å²) in [5, 5.41) is 6.75. The van der Waals surface area contributed by atoms with Crippen LogP contribution in [0.1, 0.15) is 37.8 Å². The average molecular weight is 376 g/mol. The topological polar surface area (TPSA) is 78.5 Å². The van der Waals surface area contributed by atoms with Gasteiger partial charge in [-0.25, -0.2) is 0 Å². The number of amides is 3. The molecule has 26 heavy (non-hydrogen) atoms. The lowest BCUT2D eigenvalue weighted by Crippen LogP contribution is -2.52. The van der Waals surface area contributed by atoms with Gasteiger partial charge < -0.3 is 5.32 Å². The van der Waals surface area contributed by atoms with Crippen LogP contribution < -0.4 is 10.6 Å². The van der Waals surface area contributed by atoms with E-state index in [1.165, 1.54) is 4.90 Å². The molecule has 2 saturated heterocycles. The fourth-order valence-corrected chi connectivity index (χ4v) is 4.90. The third-order valence-corrected chi connectivity index (χ3v) is 6.47. The first-order valence-corrected chi connectivity index (χ1v) is 9.46. The van der Waals surface area contributed by atoms with Crippen LogP contribution in [-0.2, 0) is 19.9 Å². The highest BCUT2D eigenvalue weighted by atomic mass is 35.5. The number of nitrogens with one attached hydrogen (secondary N) is 2. The van der Waals surface area contributed by atoms with Gasteiger partial charge in [0.1, 0.15) is 5.54 Å². The molecule has 4 unspecified atom stereocenters. The number of fused-ring (bicyclic) bond motifs is 4. The van der Waals surface area contributed by atoms with Gasteiger partial charge in [-0.2, -0.15) is 0 Å². The van der Waals surface area contributed by atoms with Crippen LogP contribution in [-0.4, -0.2) is 35.2 Å². The van der Waals surface area contributed by atoms with Crippen molar-refractivity contribution in [1.82, 2.24) is 10.2 Å². The molecule has 0 aliphatic carbocycles. The van der Waals surface area contributed by atoms with Crippen LogP contribution in [0.2, 0.25) is 5.02 Å². The van der Waals surface area contributed by atoms with Gasteiger partial charge in [-0.3, -0.25) is 24.6 Å². The van der Waals surface area contributed by atoms with Crippen molar-refractivity contribution in [3.8, 4) is 0 Å². The van der Waals surface area contributed by atoms with E-state index in [1.54, 1.807) is 12.1 Å². The van der Waals surface area contributed by atoms with E-state index >= 15 is 0 Å². The fraction of sp³-hybridized carbons (Fsp3) is 0.526. The number of hydrogen-bond donors (Lipinski definition) is 2. The van der Waals surface area contributed by atoms with Gasteiger partial charge in [-0.05, 0) is 31.9 Å². The molecule has 138 valence electrons. The second-order valence-electron chi connectivity index (χ2n) is 7.48. The van der Waals surface area contributed by atoms with Crippen LogP contribution in [0.3, 0.4) is 0 Å². The number of rotatable bonds is 3. The molecule has 6 nitrogen and oxygen atoms in total. The third-order valence-electron chi connectivity index (χ3n) is 6.06. The maximum atomic E-state index is 13.2. The van der Waals surface area contributed by atoms with Crippen LogP contribution >= 0.6 is 11.6 Å². The minimum Gasteiger partial charge on any atom is -0.324 e. The molecule has 7 heteroatoms. The van der Waals surface area contributed by atoms with Gasteiger partial charge in [-0.1, -0.05) is 31.0 Å². The molecule has 3 heterocycles. The number of unbranched alkanes of at least 4 members (excludes halogenated alkanes) is 1. The Bertz CT molecular complexity index is 840. The molecule has 3 aliphatic heterocycles. The molecule has 3 aliphatic rings. The number of benzene rings is 1. The zero-order valence-electron chi connectivity index (χ0n) is 15.1. The quantitative estimate of drug-likeness (QED) is 0.794. The number of halogens is 1. The predicted molar refractivity (Wildman–Crippen MR) is 97.7 cm³/mol. The molecule has 0 saturated carbocycles. The summed E-state index contributed by atoms with van der Waals surface area (Å²) in [7, 11) is 0. The van der Waals surface area contributed by atoms with Gasteiger partial charge in [-0.15, -0.1) is 0 Å². The first-order chi connectivity index (χ1) is 12.3. The lowest BCUT2D eigenvalue weighted by atomic mass is 9.76. The number of anilines is 1. The molecule has 3 amide bonds. The van der Waals surface area contributed by atoms with Gasteiger partial charge in [0.2, 0.25) is 17.7 Å². The zero-order chi connectivity index (χ0) is 18.8. The van der Waals surface area contributed by atoms with E-state index in [2.05, 4.69) is 10.6 Å². The van der Waals surface area contributed by atoms with Crippen LogP contribution in [0, 0.1) is 18.8 Å². The molecule has 1 spiro atoms. The first-order valence-electron chi connectivity index (χ1n) is 9.08. The molecule has 2 N–H and O–H groups in total. The van der Waals surface area contributed by atoms with Crippen molar-refractivity contribution in [3.05, 3.63) is 28.3 Å². The van der Waals surface area contributed by atoms with Crippen LogP contribution in [0.4, 0.5) is 5.69 Å². The summed E-state index contributed by atoms with van der Waals surface area (Å²) in [6.07, 6.45) is 1.66. The number of likely N-dealkylation sites (tertiary alicyclic amines) is 1. The highest BCUT2D eigenvalue weighted by Crippen LogP contribution is 2.53. The number of carbonyl (C=O) groups is 3. The average Bonchev–Trinajstić information content (AvgIpc) is 3.16. The second kappa shape index (κ2) is 5.79. The van der Waals surface area contributed by atoms with E-state index < -0.39 is 17.4 Å². The summed E-state index contributed by atoms with van der Waals surface area (Å²) >= 11 is 6.21. The van der Waals surface area contributed by atoms with E-state index in [9.17, 15) is 14.4 Å². The maximum absolute atomic E-state index is 13.2. The lowest BCUT2D eigenvalue weighted by molar-refractivity contribution is -0.142.